The van der Waals surface area contributed by atoms with Crippen LogP contribution in [0.1, 0.15) is 39.2 Å². The smallest absolute Gasteiger partial charge is 0.124 e. The summed E-state index contributed by atoms with van der Waals surface area (Å²) in [4.78, 5) is 0. The van der Waals surface area contributed by atoms with Crippen LogP contribution in [-0.2, 0) is 6.42 Å². The molecule has 0 heterocycles. The molecule has 1 nitrogen and oxygen atoms in total. The predicted octanol–water partition coefficient (Wildman–Crippen LogP) is 4.44. The molecule has 0 bridgehead atoms. The van der Waals surface area contributed by atoms with Gasteiger partial charge in [0, 0.05) is 11.1 Å². The molecule has 1 atom stereocenters. The Balaban J connectivity index is 2.55. The molecule has 1 rings (SSSR count). The van der Waals surface area contributed by atoms with Crippen LogP contribution in [0.5, 0.6) is 0 Å². The Morgan fingerprint density at radius 1 is 1.33 bits per heavy atom. The lowest BCUT2D eigenvalue weighted by molar-refractivity contribution is 0.405. The van der Waals surface area contributed by atoms with Crippen LogP contribution in [0, 0.1) is 11.7 Å². The van der Waals surface area contributed by atoms with Gasteiger partial charge in [-0.15, -0.1) is 0 Å². The molecule has 0 spiro atoms. The molecule has 0 fully saturated rings. The average Bonchev–Trinajstić information content (AvgIpc) is 2.27. The quantitative estimate of drug-likeness (QED) is 0.773. The van der Waals surface area contributed by atoms with Crippen molar-refractivity contribution in [3.8, 4) is 0 Å². The normalized spacial score (nSPS) is 13.0. The second-order valence-electron chi connectivity index (χ2n) is 5.16. The highest BCUT2D eigenvalue weighted by molar-refractivity contribution is 6.31. The van der Waals surface area contributed by atoms with Crippen molar-refractivity contribution in [2.75, 3.05) is 6.54 Å². The third kappa shape index (κ3) is 5.36. The number of aryl methyl sites for hydroxylation is 1. The van der Waals surface area contributed by atoms with E-state index in [9.17, 15) is 4.39 Å². The Hall–Kier alpha value is -0.600. The number of nitrogens with one attached hydrogen (secondary N) is 1. The number of halogens is 2. The molecule has 18 heavy (non-hydrogen) atoms. The molecule has 0 amide bonds. The third-order valence-electron chi connectivity index (χ3n) is 3.03. The second kappa shape index (κ2) is 7.75. The van der Waals surface area contributed by atoms with Gasteiger partial charge < -0.3 is 5.32 Å². The van der Waals surface area contributed by atoms with Crippen LogP contribution in [0.3, 0.4) is 0 Å². The summed E-state index contributed by atoms with van der Waals surface area (Å²) in [5, 5.41) is 4.03. The first-order valence-corrected chi connectivity index (χ1v) is 7.08. The lowest BCUT2D eigenvalue weighted by atomic mass is 9.97. The molecule has 1 aromatic rings. The maximum atomic E-state index is 12.9. The molecule has 0 aliphatic carbocycles. The van der Waals surface area contributed by atoms with Crippen LogP contribution in [0.4, 0.5) is 4.39 Å². The lowest BCUT2D eigenvalue weighted by Crippen LogP contribution is -2.30. The monoisotopic (exact) mass is 271 g/mol. The van der Waals surface area contributed by atoms with Crippen molar-refractivity contribution in [2.24, 2.45) is 5.92 Å². The molecule has 0 saturated heterocycles. The minimum atomic E-state index is -0.269. The van der Waals surface area contributed by atoms with Gasteiger partial charge in [-0.1, -0.05) is 38.4 Å². The predicted molar refractivity (Wildman–Crippen MR) is 76.7 cm³/mol. The molecule has 1 N–H and O–H groups in total. The van der Waals surface area contributed by atoms with Gasteiger partial charge in [0.1, 0.15) is 5.82 Å². The van der Waals surface area contributed by atoms with Gasteiger partial charge in [-0.2, -0.15) is 0 Å². The van der Waals surface area contributed by atoms with E-state index in [-0.39, 0.29) is 5.82 Å². The van der Waals surface area contributed by atoms with E-state index in [1.165, 1.54) is 12.1 Å². The highest BCUT2D eigenvalue weighted by Crippen LogP contribution is 2.20. The first-order chi connectivity index (χ1) is 8.52. The van der Waals surface area contributed by atoms with Crippen molar-refractivity contribution >= 4 is 11.6 Å². The van der Waals surface area contributed by atoms with Crippen molar-refractivity contribution in [3.05, 3.63) is 34.6 Å². The zero-order valence-electron chi connectivity index (χ0n) is 11.5. The number of hydrogen-bond acceptors (Lipinski definition) is 1. The zero-order valence-corrected chi connectivity index (χ0v) is 12.2. The van der Waals surface area contributed by atoms with Crippen molar-refractivity contribution in [1.29, 1.82) is 0 Å². The van der Waals surface area contributed by atoms with E-state index < -0.39 is 0 Å². The fourth-order valence-corrected chi connectivity index (χ4v) is 2.48. The number of benzene rings is 1. The van der Waals surface area contributed by atoms with Crippen molar-refractivity contribution in [3.63, 3.8) is 0 Å². The molecular weight excluding hydrogens is 249 g/mol. The van der Waals surface area contributed by atoms with Crippen LogP contribution in [0.15, 0.2) is 18.2 Å². The molecule has 102 valence electrons. The highest BCUT2D eigenvalue weighted by atomic mass is 35.5. The van der Waals surface area contributed by atoms with Crippen LogP contribution in [0.25, 0.3) is 0 Å². The van der Waals surface area contributed by atoms with Crippen LogP contribution >= 0.6 is 11.6 Å². The zero-order chi connectivity index (χ0) is 13.5. The van der Waals surface area contributed by atoms with Gasteiger partial charge in [0.2, 0.25) is 0 Å². The molecule has 0 aliphatic heterocycles. The largest absolute Gasteiger partial charge is 0.314 e. The van der Waals surface area contributed by atoms with Gasteiger partial charge in [0.15, 0.2) is 0 Å². The van der Waals surface area contributed by atoms with E-state index >= 15 is 0 Å². The van der Waals surface area contributed by atoms with Gasteiger partial charge in [-0.3, -0.25) is 0 Å². The van der Waals surface area contributed by atoms with E-state index in [0.717, 1.165) is 31.4 Å². The van der Waals surface area contributed by atoms with Gasteiger partial charge in [0.25, 0.3) is 0 Å². The summed E-state index contributed by atoms with van der Waals surface area (Å²) in [6, 6.07) is 5.17. The molecule has 0 aromatic heterocycles. The highest BCUT2D eigenvalue weighted by Gasteiger charge is 2.11. The summed E-state index contributed by atoms with van der Waals surface area (Å²) in [7, 11) is 0. The maximum Gasteiger partial charge on any atom is 0.124 e. The lowest BCUT2D eigenvalue weighted by Gasteiger charge is -2.20. The Morgan fingerprint density at radius 3 is 2.61 bits per heavy atom. The van der Waals surface area contributed by atoms with E-state index in [0.29, 0.717) is 17.0 Å². The number of hydrogen-bond donors (Lipinski definition) is 1. The number of rotatable bonds is 7. The Bertz CT molecular complexity index is 366. The summed E-state index contributed by atoms with van der Waals surface area (Å²) < 4.78 is 12.9. The molecule has 0 radical (unpaired) electrons. The SMILES string of the molecule is CCNC(CCc1ccc(F)cc1Cl)CC(C)C. The fourth-order valence-electron chi connectivity index (χ4n) is 2.22. The average molecular weight is 272 g/mol. The van der Waals surface area contributed by atoms with Gasteiger partial charge in [-0.25, -0.2) is 4.39 Å². The Labute approximate surface area is 115 Å². The second-order valence-corrected chi connectivity index (χ2v) is 5.57. The molecule has 3 heteroatoms. The Kier molecular flexibility index (Phi) is 6.66. The first-order valence-electron chi connectivity index (χ1n) is 6.70. The van der Waals surface area contributed by atoms with E-state index in [1.54, 1.807) is 6.07 Å². The van der Waals surface area contributed by atoms with Crippen molar-refractivity contribution in [1.82, 2.24) is 5.32 Å². The van der Waals surface area contributed by atoms with E-state index in [4.69, 9.17) is 11.6 Å². The van der Waals surface area contributed by atoms with E-state index in [2.05, 4.69) is 26.1 Å². The van der Waals surface area contributed by atoms with E-state index in [1.807, 2.05) is 0 Å². The standard InChI is InChI=1S/C15H23ClFN/c1-4-18-14(9-11(2)3)8-6-12-5-7-13(17)10-15(12)16/h5,7,10-11,14,18H,4,6,8-9H2,1-3H3. The summed E-state index contributed by atoms with van der Waals surface area (Å²) >= 11 is 6.04. The summed E-state index contributed by atoms with van der Waals surface area (Å²) in [5.41, 5.74) is 1.03. The van der Waals surface area contributed by atoms with Crippen LogP contribution < -0.4 is 5.32 Å². The molecule has 0 saturated carbocycles. The third-order valence-corrected chi connectivity index (χ3v) is 3.38. The maximum absolute atomic E-state index is 12.9. The minimum Gasteiger partial charge on any atom is -0.314 e. The summed E-state index contributed by atoms with van der Waals surface area (Å²) in [5.74, 6) is 0.409. The molecule has 0 aliphatic rings. The minimum absolute atomic E-state index is 0.269. The Morgan fingerprint density at radius 2 is 2.06 bits per heavy atom. The topological polar surface area (TPSA) is 12.0 Å². The fraction of sp³-hybridized carbons (Fsp3) is 0.600. The summed E-state index contributed by atoms with van der Waals surface area (Å²) in [6.07, 6.45) is 3.09. The van der Waals surface area contributed by atoms with Crippen LogP contribution in [0.2, 0.25) is 5.02 Å². The van der Waals surface area contributed by atoms with Crippen molar-refractivity contribution < 1.29 is 4.39 Å². The molecule has 1 aromatic carbocycles. The van der Waals surface area contributed by atoms with Crippen LogP contribution in [-0.4, -0.2) is 12.6 Å². The summed E-state index contributed by atoms with van der Waals surface area (Å²) in [6.45, 7) is 7.57. The van der Waals surface area contributed by atoms with Gasteiger partial charge >= 0.3 is 0 Å². The molecular formula is C15H23ClFN. The molecule has 1 unspecified atom stereocenters. The first kappa shape index (κ1) is 15.5. The van der Waals surface area contributed by atoms with Gasteiger partial charge in [-0.05, 0) is 49.4 Å². The van der Waals surface area contributed by atoms with Gasteiger partial charge in [0.05, 0.1) is 0 Å². The van der Waals surface area contributed by atoms with Crippen molar-refractivity contribution in [2.45, 2.75) is 46.1 Å².